The van der Waals surface area contributed by atoms with Gasteiger partial charge in [0.2, 0.25) is 11.7 Å². The van der Waals surface area contributed by atoms with E-state index in [1.807, 2.05) is 0 Å². The van der Waals surface area contributed by atoms with Crippen molar-refractivity contribution in [2.75, 3.05) is 20.2 Å². The number of halogens is 3. The van der Waals surface area contributed by atoms with Crippen molar-refractivity contribution in [2.24, 2.45) is 0 Å². The van der Waals surface area contributed by atoms with Gasteiger partial charge in [0.05, 0.1) is 13.7 Å². The Morgan fingerprint density at radius 1 is 1.19 bits per heavy atom. The second-order valence-corrected chi connectivity index (χ2v) is 6.81. The van der Waals surface area contributed by atoms with E-state index in [0.29, 0.717) is 30.8 Å². The van der Waals surface area contributed by atoms with Crippen molar-refractivity contribution in [1.29, 1.82) is 0 Å². The van der Waals surface area contributed by atoms with E-state index in [-0.39, 0.29) is 29.3 Å². The molecular formula is C20H17F3N4O4. The summed E-state index contributed by atoms with van der Waals surface area (Å²) < 4.78 is 52.8. The van der Waals surface area contributed by atoms with E-state index in [1.54, 1.807) is 36.3 Å². The van der Waals surface area contributed by atoms with Crippen molar-refractivity contribution in [3.05, 3.63) is 54.0 Å². The van der Waals surface area contributed by atoms with Crippen LogP contribution in [0.15, 0.2) is 47.1 Å². The number of likely N-dealkylation sites (tertiary alicyclic amines) is 1. The van der Waals surface area contributed by atoms with E-state index < -0.39 is 12.1 Å². The Kier molecular flexibility index (Phi) is 5.49. The molecule has 1 aromatic carbocycles. The molecule has 0 aliphatic carbocycles. The van der Waals surface area contributed by atoms with Gasteiger partial charge in [-0.25, -0.2) is 4.98 Å². The summed E-state index contributed by atoms with van der Waals surface area (Å²) in [5.41, 5.74) is 0.816. The van der Waals surface area contributed by atoms with Gasteiger partial charge in [0.15, 0.2) is 0 Å². The molecule has 0 bridgehead atoms. The lowest BCUT2D eigenvalue weighted by Crippen LogP contribution is -2.31. The van der Waals surface area contributed by atoms with Gasteiger partial charge in [-0.15, -0.1) is 0 Å². The van der Waals surface area contributed by atoms with Crippen LogP contribution in [0.1, 0.15) is 22.7 Å². The zero-order valence-corrected chi connectivity index (χ0v) is 16.3. The van der Waals surface area contributed by atoms with E-state index >= 15 is 0 Å². The fraction of sp³-hybridized carbons (Fsp3) is 0.300. The third kappa shape index (κ3) is 4.60. The lowest BCUT2D eigenvalue weighted by molar-refractivity contribution is -0.159. The molecule has 0 unspecified atom stereocenters. The number of benzene rings is 1. The highest BCUT2D eigenvalue weighted by molar-refractivity contribution is 5.94. The molecule has 0 N–H and O–H groups in total. The molecule has 1 amide bonds. The maximum absolute atomic E-state index is 12.6. The average molecular weight is 434 g/mol. The molecular weight excluding hydrogens is 417 g/mol. The number of ether oxygens (including phenoxy) is 2. The molecule has 2 aromatic heterocycles. The molecule has 1 saturated heterocycles. The summed E-state index contributed by atoms with van der Waals surface area (Å²) in [5.74, 6) is -0.787. The zero-order chi connectivity index (χ0) is 22.0. The second kappa shape index (κ2) is 8.25. The molecule has 0 radical (unpaired) electrons. The first kappa shape index (κ1) is 20.6. The van der Waals surface area contributed by atoms with Crippen LogP contribution in [-0.2, 0) is 6.18 Å². The van der Waals surface area contributed by atoms with Gasteiger partial charge in [0.1, 0.15) is 11.9 Å². The minimum absolute atomic E-state index is 0.102. The molecule has 4 rings (SSSR count). The van der Waals surface area contributed by atoms with Gasteiger partial charge < -0.3 is 18.9 Å². The number of pyridine rings is 1. The number of methoxy groups -OCH3 is 1. The van der Waals surface area contributed by atoms with E-state index in [4.69, 9.17) is 9.47 Å². The first-order valence-corrected chi connectivity index (χ1v) is 9.31. The highest BCUT2D eigenvalue weighted by Crippen LogP contribution is 2.29. The zero-order valence-electron chi connectivity index (χ0n) is 16.3. The lowest BCUT2D eigenvalue weighted by atomic mass is 10.2. The Morgan fingerprint density at radius 2 is 1.97 bits per heavy atom. The van der Waals surface area contributed by atoms with E-state index in [0.717, 1.165) is 0 Å². The first-order chi connectivity index (χ1) is 14.8. The topological polar surface area (TPSA) is 90.6 Å². The number of hydrogen-bond donors (Lipinski definition) is 0. The van der Waals surface area contributed by atoms with Crippen LogP contribution in [0.5, 0.6) is 11.6 Å². The highest BCUT2D eigenvalue weighted by Gasteiger charge is 2.38. The molecule has 162 valence electrons. The summed E-state index contributed by atoms with van der Waals surface area (Å²) in [5, 5.41) is 3.32. The fourth-order valence-corrected chi connectivity index (χ4v) is 3.13. The number of hydrogen-bond acceptors (Lipinski definition) is 7. The van der Waals surface area contributed by atoms with Crippen molar-refractivity contribution in [3.8, 4) is 23.0 Å². The van der Waals surface area contributed by atoms with Gasteiger partial charge in [-0.3, -0.25) is 4.79 Å². The molecule has 1 aliphatic heterocycles. The Morgan fingerprint density at radius 3 is 2.58 bits per heavy atom. The largest absolute Gasteiger partial charge is 0.497 e. The van der Waals surface area contributed by atoms with Crippen LogP contribution < -0.4 is 9.47 Å². The van der Waals surface area contributed by atoms with Gasteiger partial charge in [0, 0.05) is 36.4 Å². The first-order valence-electron chi connectivity index (χ1n) is 9.31. The van der Waals surface area contributed by atoms with Crippen molar-refractivity contribution >= 4 is 5.91 Å². The number of rotatable bonds is 5. The summed E-state index contributed by atoms with van der Waals surface area (Å²) in [6.45, 7) is 0.935. The molecule has 0 saturated carbocycles. The van der Waals surface area contributed by atoms with E-state index in [1.165, 1.54) is 18.3 Å². The fourth-order valence-electron chi connectivity index (χ4n) is 3.13. The molecule has 1 aliphatic rings. The van der Waals surface area contributed by atoms with Gasteiger partial charge in [-0.1, -0.05) is 5.16 Å². The Hall–Kier alpha value is -3.63. The Labute approximate surface area is 174 Å². The standard InChI is InChI=1S/C20H17F3N4O4/c1-29-14-5-2-12(3-6-14)18(28)27-9-8-15(11-27)30-16-7-4-13(10-24-16)17-25-19(31-26-17)20(21,22)23/h2-7,10,15H,8-9,11H2,1H3/t15-/m1/s1. The number of carbonyl (C=O) groups is 1. The smallest absolute Gasteiger partial charge is 0.471 e. The van der Waals surface area contributed by atoms with Crippen LogP contribution in [0.4, 0.5) is 13.2 Å². The van der Waals surface area contributed by atoms with Gasteiger partial charge >= 0.3 is 12.1 Å². The Bertz CT molecular complexity index is 1050. The molecule has 0 spiro atoms. The SMILES string of the molecule is COc1ccc(C(=O)N2CC[C@@H](Oc3ccc(-c4noc(C(F)(F)F)n4)cn3)C2)cc1. The molecule has 3 aromatic rings. The predicted octanol–water partition coefficient (Wildman–Crippen LogP) is 3.45. The maximum atomic E-state index is 12.6. The van der Waals surface area contributed by atoms with Crippen LogP contribution in [0.25, 0.3) is 11.4 Å². The molecule has 1 atom stereocenters. The molecule has 3 heterocycles. The van der Waals surface area contributed by atoms with Crippen LogP contribution in [0.3, 0.4) is 0 Å². The summed E-state index contributed by atoms with van der Waals surface area (Å²) in [7, 11) is 1.56. The van der Waals surface area contributed by atoms with Gasteiger partial charge in [-0.05, 0) is 30.3 Å². The number of alkyl halides is 3. The van der Waals surface area contributed by atoms with Crippen LogP contribution in [0.2, 0.25) is 0 Å². The quantitative estimate of drug-likeness (QED) is 0.608. The number of nitrogens with zero attached hydrogens (tertiary/aromatic N) is 4. The molecule has 8 nitrogen and oxygen atoms in total. The second-order valence-electron chi connectivity index (χ2n) is 6.81. The van der Waals surface area contributed by atoms with Crippen molar-refractivity contribution in [3.63, 3.8) is 0 Å². The summed E-state index contributed by atoms with van der Waals surface area (Å²) >= 11 is 0. The van der Waals surface area contributed by atoms with E-state index in [2.05, 4.69) is 19.6 Å². The van der Waals surface area contributed by atoms with Crippen molar-refractivity contribution in [2.45, 2.75) is 18.7 Å². The summed E-state index contributed by atoms with van der Waals surface area (Å²) in [4.78, 5) is 21.7. The third-order valence-corrected chi connectivity index (χ3v) is 4.72. The summed E-state index contributed by atoms with van der Waals surface area (Å²) in [6.07, 6.45) is -3.03. The molecule has 1 fully saturated rings. The third-order valence-electron chi connectivity index (χ3n) is 4.72. The van der Waals surface area contributed by atoms with Gasteiger partial charge in [-0.2, -0.15) is 18.2 Å². The summed E-state index contributed by atoms with van der Waals surface area (Å²) in [6, 6.07) is 9.86. The minimum Gasteiger partial charge on any atom is -0.497 e. The number of amides is 1. The van der Waals surface area contributed by atoms with Crippen LogP contribution in [0, 0.1) is 0 Å². The highest BCUT2D eigenvalue weighted by atomic mass is 19.4. The minimum atomic E-state index is -4.71. The molecule has 31 heavy (non-hydrogen) atoms. The monoisotopic (exact) mass is 434 g/mol. The lowest BCUT2D eigenvalue weighted by Gasteiger charge is -2.17. The van der Waals surface area contributed by atoms with Crippen molar-refractivity contribution < 1.29 is 32.0 Å². The van der Waals surface area contributed by atoms with Crippen molar-refractivity contribution in [1.82, 2.24) is 20.0 Å². The maximum Gasteiger partial charge on any atom is 0.471 e. The van der Waals surface area contributed by atoms with Gasteiger partial charge in [0.25, 0.3) is 5.91 Å². The molecule has 11 heteroatoms. The average Bonchev–Trinajstić information content (AvgIpc) is 3.44. The number of carbonyl (C=O) groups excluding carboxylic acids is 1. The van der Waals surface area contributed by atoms with E-state index in [9.17, 15) is 18.0 Å². The Balaban J connectivity index is 1.35. The normalized spacial score (nSPS) is 16.4. The van der Waals surface area contributed by atoms with Crippen LogP contribution >= 0.6 is 0 Å². The predicted molar refractivity (Wildman–Crippen MR) is 100 cm³/mol. The van der Waals surface area contributed by atoms with Crippen LogP contribution in [-0.4, -0.2) is 52.2 Å². The number of aromatic nitrogens is 3.